The number of ether oxygens (including phenoxy) is 1. The first-order valence-corrected chi connectivity index (χ1v) is 10.2. The fourth-order valence-corrected chi connectivity index (χ4v) is 3.48. The van der Waals surface area contributed by atoms with Crippen LogP contribution in [0, 0.1) is 0 Å². The number of aromatic nitrogens is 1. The van der Waals surface area contributed by atoms with E-state index in [9.17, 15) is 19.2 Å². The third-order valence-corrected chi connectivity index (χ3v) is 5.12. The lowest BCUT2D eigenvalue weighted by atomic mass is 10.0. The first-order chi connectivity index (χ1) is 14.9. The van der Waals surface area contributed by atoms with Crippen LogP contribution in [-0.4, -0.2) is 36.4 Å². The standard InChI is InChI=1S/C22H20BrN3O5/c1-31-20(28)10-18(13-5-4-6-14(23)9-13)26-19(27)12-25-22(30)16-11-24-17-8-3-2-7-15(17)21(16)29/h2-9,11,18H,10,12H2,1H3,(H,24,29)(H,25,30)(H,26,27). The van der Waals surface area contributed by atoms with E-state index in [0.717, 1.165) is 4.47 Å². The van der Waals surface area contributed by atoms with E-state index in [-0.39, 0.29) is 18.5 Å². The number of carbonyl (C=O) groups excluding carboxylic acids is 3. The van der Waals surface area contributed by atoms with Gasteiger partial charge in [-0.25, -0.2) is 0 Å². The molecule has 0 spiro atoms. The number of esters is 1. The van der Waals surface area contributed by atoms with Gasteiger partial charge in [-0.05, 0) is 29.8 Å². The summed E-state index contributed by atoms with van der Waals surface area (Å²) in [6.07, 6.45) is 1.25. The predicted octanol–water partition coefficient (Wildman–Crippen LogP) is 2.44. The maximum Gasteiger partial charge on any atom is 0.307 e. The van der Waals surface area contributed by atoms with Gasteiger partial charge in [-0.1, -0.05) is 40.2 Å². The lowest BCUT2D eigenvalue weighted by molar-refractivity contribution is -0.141. The quantitative estimate of drug-likeness (QED) is 0.444. The van der Waals surface area contributed by atoms with E-state index in [1.807, 2.05) is 6.07 Å². The van der Waals surface area contributed by atoms with Crippen LogP contribution in [-0.2, 0) is 14.3 Å². The summed E-state index contributed by atoms with van der Waals surface area (Å²) < 4.78 is 5.50. The van der Waals surface area contributed by atoms with Crippen molar-refractivity contribution in [3.8, 4) is 0 Å². The van der Waals surface area contributed by atoms with Crippen molar-refractivity contribution in [1.82, 2.24) is 15.6 Å². The van der Waals surface area contributed by atoms with Crippen molar-refractivity contribution in [2.45, 2.75) is 12.5 Å². The molecule has 3 N–H and O–H groups in total. The molecule has 160 valence electrons. The normalized spacial score (nSPS) is 11.5. The molecule has 1 atom stereocenters. The van der Waals surface area contributed by atoms with Gasteiger partial charge < -0.3 is 20.4 Å². The number of rotatable bonds is 7. The molecule has 2 amide bonds. The Balaban J connectivity index is 1.68. The third kappa shape index (κ3) is 5.58. The number of para-hydroxylation sites is 1. The molecule has 0 saturated heterocycles. The second kappa shape index (κ2) is 10.0. The summed E-state index contributed by atoms with van der Waals surface area (Å²) in [6.45, 7) is -0.364. The Hall–Kier alpha value is -3.46. The van der Waals surface area contributed by atoms with Crippen molar-refractivity contribution in [3.05, 3.63) is 80.6 Å². The molecule has 2 aromatic carbocycles. The fourth-order valence-electron chi connectivity index (χ4n) is 3.06. The van der Waals surface area contributed by atoms with Crippen LogP contribution in [0.15, 0.2) is 64.0 Å². The Morgan fingerprint density at radius 1 is 1.13 bits per heavy atom. The molecule has 0 fully saturated rings. The number of halogens is 1. The smallest absolute Gasteiger partial charge is 0.307 e. The second-order valence-electron chi connectivity index (χ2n) is 6.72. The SMILES string of the molecule is COC(=O)CC(NC(=O)CNC(=O)c1c[nH]c2ccccc2c1=O)c1cccc(Br)c1. The van der Waals surface area contributed by atoms with Gasteiger partial charge in [-0.15, -0.1) is 0 Å². The first kappa shape index (κ1) is 22.2. The van der Waals surface area contributed by atoms with E-state index >= 15 is 0 Å². The number of pyridine rings is 1. The zero-order chi connectivity index (χ0) is 22.4. The second-order valence-corrected chi connectivity index (χ2v) is 7.63. The molecule has 1 aromatic heterocycles. The van der Waals surface area contributed by atoms with Gasteiger partial charge in [-0.3, -0.25) is 19.2 Å². The van der Waals surface area contributed by atoms with E-state index in [2.05, 4.69) is 31.5 Å². The molecule has 0 saturated carbocycles. The van der Waals surface area contributed by atoms with Crippen LogP contribution < -0.4 is 16.1 Å². The lowest BCUT2D eigenvalue weighted by Gasteiger charge is -2.18. The zero-order valence-electron chi connectivity index (χ0n) is 16.6. The summed E-state index contributed by atoms with van der Waals surface area (Å²) in [5, 5.41) is 5.54. The molecule has 31 heavy (non-hydrogen) atoms. The Morgan fingerprint density at radius 3 is 2.65 bits per heavy atom. The number of fused-ring (bicyclic) bond motifs is 1. The topological polar surface area (TPSA) is 117 Å². The molecule has 1 heterocycles. The van der Waals surface area contributed by atoms with Gasteiger partial charge in [0.25, 0.3) is 5.91 Å². The van der Waals surface area contributed by atoms with Crippen LogP contribution >= 0.6 is 15.9 Å². The van der Waals surface area contributed by atoms with Crippen LogP contribution in [0.4, 0.5) is 0 Å². The largest absolute Gasteiger partial charge is 0.469 e. The third-order valence-electron chi connectivity index (χ3n) is 4.63. The van der Waals surface area contributed by atoms with Crippen molar-refractivity contribution in [1.29, 1.82) is 0 Å². The van der Waals surface area contributed by atoms with Crippen LogP contribution in [0.2, 0.25) is 0 Å². The number of hydrogen-bond donors (Lipinski definition) is 3. The van der Waals surface area contributed by atoms with Gasteiger partial charge in [0.15, 0.2) is 0 Å². The number of carbonyl (C=O) groups is 3. The number of aromatic amines is 1. The maximum absolute atomic E-state index is 12.5. The fraction of sp³-hybridized carbons (Fsp3) is 0.182. The number of H-pyrrole nitrogens is 1. The molecule has 3 rings (SSSR count). The van der Waals surface area contributed by atoms with Gasteiger partial charge in [0.1, 0.15) is 5.56 Å². The summed E-state index contributed by atoms with van der Waals surface area (Å²) in [7, 11) is 1.27. The van der Waals surface area contributed by atoms with Crippen LogP contribution in [0.25, 0.3) is 10.9 Å². The highest BCUT2D eigenvalue weighted by Crippen LogP contribution is 2.21. The molecular weight excluding hydrogens is 466 g/mol. The first-order valence-electron chi connectivity index (χ1n) is 9.39. The Bertz CT molecular complexity index is 1190. The Morgan fingerprint density at radius 2 is 1.90 bits per heavy atom. The summed E-state index contributed by atoms with van der Waals surface area (Å²) in [5.74, 6) is -1.68. The highest BCUT2D eigenvalue weighted by atomic mass is 79.9. The van der Waals surface area contributed by atoms with Gasteiger partial charge in [0.2, 0.25) is 11.3 Å². The van der Waals surface area contributed by atoms with E-state index in [0.29, 0.717) is 16.5 Å². The molecular formula is C22H20BrN3O5. The molecule has 0 aliphatic heterocycles. The van der Waals surface area contributed by atoms with Gasteiger partial charge in [-0.2, -0.15) is 0 Å². The Kier molecular flexibility index (Phi) is 7.19. The molecule has 1 unspecified atom stereocenters. The monoisotopic (exact) mass is 485 g/mol. The van der Waals surface area contributed by atoms with E-state index in [1.165, 1.54) is 13.3 Å². The van der Waals surface area contributed by atoms with Gasteiger partial charge in [0.05, 0.1) is 26.1 Å². The summed E-state index contributed by atoms with van der Waals surface area (Å²) in [6, 6.07) is 13.3. The van der Waals surface area contributed by atoms with Crippen molar-refractivity contribution in [2.75, 3.05) is 13.7 Å². The molecule has 0 aliphatic rings. The number of benzene rings is 2. The van der Waals surface area contributed by atoms with Crippen molar-refractivity contribution in [3.63, 3.8) is 0 Å². The minimum Gasteiger partial charge on any atom is -0.469 e. The number of methoxy groups -OCH3 is 1. The van der Waals surface area contributed by atoms with Gasteiger partial charge >= 0.3 is 5.97 Å². The highest BCUT2D eigenvalue weighted by Gasteiger charge is 2.20. The van der Waals surface area contributed by atoms with Crippen LogP contribution in [0.5, 0.6) is 0 Å². The summed E-state index contributed by atoms with van der Waals surface area (Å²) in [4.78, 5) is 52.1. The number of amides is 2. The van der Waals surface area contributed by atoms with Crippen LogP contribution in [0.1, 0.15) is 28.4 Å². The number of hydrogen-bond acceptors (Lipinski definition) is 5. The van der Waals surface area contributed by atoms with E-state index in [4.69, 9.17) is 4.74 Å². The average Bonchev–Trinajstić information content (AvgIpc) is 2.77. The molecule has 0 aliphatic carbocycles. The molecule has 0 bridgehead atoms. The summed E-state index contributed by atoms with van der Waals surface area (Å²) in [5.41, 5.74) is 0.793. The van der Waals surface area contributed by atoms with Crippen molar-refractivity contribution < 1.29 is 19.1 Å². The van der Waals surface area contributed by atoms with Gasteiger partial charge in [0, 0.05) is 21.6 Å². The predicted molar refractivity (Wildman–Crippen MR) is 119 cm³/mol. The van der Waals surface area contributed by atoms with Crippen molar-refractivity contribution >= 4 is 44.6 Å². The minimum atomic E-state index is -0.672. The maximum atomic E-state index is 12.5. The minimum absolute atomic E-state index is 0.0724. The van der Waals surface area contributed by atoms with E-state index < -0.39 is 29.3 Å². The summed E-state index contributed by atoms with van der Waals surface area (Å²) >= 11 is 3.36. The van der Waals surface area contributed by atoms with Crippen molar-refractivity contribution in [2.24, 2.45) is 0 Å². The highest BCUT2D eigenvalue weighted by molar-refractivity contribution is 9.10. The lowest BCUT2D eigenvalue weighted by Crippen LogP contribution is -2.40. The molecule has 8 nitrogen and oxygen atoms in total. The average molecular weight is 486 g/mol. The molecule has 9 heteroatoms. The number of nitrogens with one attached hydrogen (secondary N) is 3. The molecule has 0 radical (unpaired) electrons. The molecule has 3 aromatic rings. The Labute approximate surface area is 186 Å². The zero-order valence-corrected chi connectivity index (χ0v) is 18.2. The van der Waals surface area contributed by atoms with Crippen LogP contribution in [0.3, 0.4) is 0 Å². The van der Waals surface area contributed by atoms with E-state index in [1.54, 1.807) is 42.5 Å².